The monoisotopic (exact) mass is 262 g/mol. The number of hydrogen-bond acceptors (Lipinski definition) is 2. The lowest BCUT2D eigenvalue weighted by atomic mass is 10.2. The van der Waals surface area contributed by atoms with Gasteiger partial charge in [-0.3, -0.25) is 0 Å². The molecule has 0 spiro atoms. The summed E-state index contributed by atoms with van der Waals surface area (Å²) in [6, 6.07) is 0. The number of rotatable bonds is 4. The maximum atomic E-state index is 5.75. The van der Waals surface area contributed by atoms with Gasteiger partial charge in [-0.05, 0) is 43.7 Å². The summed E-state index contributed by atoms with van der Waals surface area (Å²) < 4.78 is 12.4. The van der Waals surface area contributed by atoms with Crippen molar-refractivity contribution in [1.29, 1.82) is 0 Å². The van der Waals surface area contributed by atoms with Gasteiger partial charge in [0.1, 0.15) is 0 Å². The van der Waals surface area contributed by atoms with E-state index >= 15 is 0 Å². The summed E-state index contributed by atoms with van der Waals surface area (Å²) in [6.45, 7) is 4.65. The van der Waals surface area contributed by atoms with Crippen molar-refractivity contribution >= 4 is 15.9 Å². The summed E-state index contributed by atoms with van der Waals surface area (Å²) in [7, 11) is 0. The van der Waals surface area contributed by atoms with Crippen molar-refractivity contribution in [2.75, 3.05) is 6.61 Å². The van der Waals surface area contributed by atoms with Gasteiger partial charge in [0, 0.05) is 6.61 Å². The van der Waals surface area contributed by atoms with Crippen LogP contribution in [-0.2, 0) is 9.47 Å². The molecule has 2 nitrogen and oxygen atoms in total. The van der Waals surface area contributed by atoms with Gasteiger partial charge in [-0.25, -0.2) is 0 Å². The zero-order chi connectivity index (χ0) is 10.4. The van der Waals surface area contributed by atoms with Gasteiger partial charge in [0.05, 0.1) is 6.10 Å². The molecule has 1 aliphatic rings. The SMILES string of the molecule is CCOC(C)OC1C=C(Br)CCCC1. The maximum Gasteiger partial charge on any atom is 0.155 e. The van der Waals surface area contributed by atoms with Gasteiger partial charge < -0.3 is 9.47 Å². The molecule has 0 radical (unpaired) electrons. The average molecular weight is 263 g/mol. The molecule has 2 atom stereocenters. The first-order valence-electron chi connectivity index (χ1n) is 5.35. The molecule has 2 unspecified atom stereocenters. The van der Waals surface area contributed by atoms with Crippen molar-refractivity contribution < 1.29 is 9.47 Å². The molecular formula is C11H19BrO2. The molecule has 3 heteroatoms. The molecule has 0 N–H and O–H groups in total. The molecule has 0 saturated carbocycles. The lowest BCUT2D eigenvalue weighted by molar-refractivity contribution is -0.146. The molecule has 1 aliphatic carbocycles. The zero-order valence-corrected chi connectivity index (χ0v) is 10.5. The Kier molecular flexibility index (Phi) is 5.75. The minimum absolute atomic E-state index is 0.0975. The van der Waals surface area contributed by atoms with Crippen LogP contribution in [-0.4, -0.2) is 19.0 Å². The van der Waals surface area contributed by atoms with E-state index in [1.165, 1.54) is 17.3 Å². The minimum atomic E-state index is -0.0975. The van der Waals surface area contributed by atoms with Crippen molar-refractivity contribution in [3.63, 3.8) is 0 Å². The molecule has 1 rings (SSSR count). The predicted octanol–water partition coefficient (Wildman–Crippen LogP) is 3.61. The standard InChI is InChI=1S/C11H19BrO2/c1-3-13-9(2)14-11-7-5-4-6-10(12)8-11/h8-9,11H,3-7H2,1-2H3. The van der Waals surface area contributed by atoms with Crippen LogP contribution in [0.1, 0.15) is 39.5 Å². The van der Waals surface area contributed by atoms with E-state index in [9.17, 15) is 0 Å². The maximum absolute atomic E-state index is 5.75. The molecular weight excluding hydrogens is 244 g/mol. The Balaban J connectivity index is 2.38. The van der Waals surface area contributed by atoms with E-state index in [0.29, 0.717) is 6.61 Å². The quantitative estimate of drug-likeness (QED) is 0.721. The molecule has 0 aromatic heterocycles. The van der Waals surface area contributed by atoms with Crippen LogP contribution in [0.15, 0.2) is 10.6 Å². The summed E-state index contributed by atoms with van der Waals surface area (Å²) in [6.07, 6.45) is 7.01. The molecule has 0 aromatic carbocycles. The molecule has 0 aromatic rings. The number of allylic oxidation sites excluding steroid dienone is 1. The van der Waals surface area contributed by atoms with E-state index in [2.05, 4.69) is 22.0 Å². The Morgan fingerprint density at radius 3 is 3.07 bits per heavy atom. The van der Waals surface area contributed by atoms with Gasteiger partial charge in [0.2, 0.25) is 0 Å². The topological polar surface area (TPSA) is 18.5 Å². The second kappa shape index (κ2) is 6.59. The van der Waals surface area contributed by atoms with Gasteiger partial charge in [-0.1, -0.05) is 22.4 Å². The Labute approximate surface area is 94.8 Å². The van der Waals surface area contributed by atoms with Crippen LogP contribution in [0.2, 0.25) is 0 Å². The smallest absolute Gasteiger partial charge is 0.155 e. The van der Waals surface area contributed by atoms with Crippen molar-refractivity contribution in [3.8, 4) is 0 Å². The molecule has 14 heavy (non-hydrogen) atoms. The van der Waals surface area contributed by atoms with Gasteiger partial charge >= 0.3 is 0 Å². The molecule has 0 heterocycles. The predicted molar refractivity (Wildman–Crippen MR) is 61.4 cm³/mol. The van der Waals surface area contributed by atoms with Crippen molar-refractivity contribution in [2.45, 2.75) is 51.9 Å². The van der Waals surface area contributed by atoms with E-state index in [-0.39, 0.29) is 12.4 Å². The normalized spacial score (nSPS) is 25.4. The first-order chi connectivity index (χ1) is 6.72. The number of hydrogen-bond donors (Lipinski definition) is 0. The fourth-order valence-corrected chi connectivity index (χ4v) is 2.21. The van der Waals surface area contributed by atoms with Crippen LogP contribution in [0.5, 0.6) is 0 Å². The Bertz CT molecular complexity index is 192. The fourth-order valence-electron chi connectivity index (χ4n) is 1.64. The van der Waals surface area contributed by atoms with Gasteiger partial charge in [0.25, 0.3) is 0 Å². The van der Waals surface area contributed by atoms with Gasteiger partial charge in [-0.2, -0.15) is 0 Å². The highest BCUT2D eigenvalue weighted by atomic mass is 79.9. The van der Waals surface area contributed by atoms with Gasteiger partial charge in [-0.15, -0.1) is 0 Å². The summed E-state index contributed by atoms with van der Waals surface area (Å²) in [5.41, 5.74) is 0. The second-order valence-corrected chi connectivity index (χ2v) is 4.58. The van der Waals surface area contributed by atoms with E-state index < -0.39 is 0 Å². The average Bonchev–Trinajstić information content (AvgIpc) is 2.30. The van der Waals surface area contributed by atoms with E-state index in [0.717, 1.165) is 12.8 Å². The molecule has 82 valence electrons. The molecule has 0 aliphatic heterocycles. The van der Waals surface area contributed by atoms with Gasteiger partial charge in [0.15, 0.2) is 6.29 Å². The van der Waals surface area contributed by atoms with Crippen molar-refractivity contribution in [2.24, 2.45) is 0 Å². The highest BCUT2D eigenvalue weighted by Gasteiger charge is 2.14. The summed E-state index contributed by atoms with van der Waals surface area (Å²) in [5.74, 6) is 0. The second-order valence-electron chi connectivity index (χ2n) is 3.56. The van der Waals surface area contributed by atoms with Crippen molar-refractivity contribution in [3.05, 3.63) is 10.6 Å². The highest BCUT2D eigenvalue weighted by Crippen LogP contribution is 2.24. The van der Waals surface area contributed by atoms with Crippen LogP contribution in [0.4, 0.5) is 0 Å². The third-order valence-corrected chi connectivity index (χ3v) is 2.95. The fraction of sp³-hybridized carbons (Fsp3) is 0.818. The first-order valence-corrected chi connectivity index (χ1v) is 6.15. The zero-order valence-electron chi connectivity index (χ0n) is 8.96. The van der Waals surface area contributed by atoms with Crippen LogP contribution < -0.4 is 0 Å². The molecule has 0 amide bonds. The first kappa shape index (κ1) is 12.2. The van der Waals surface area contributed by atoms with E-state index in [1.807, 2.05) is 13.8 Å². The van der Waals surface area contributed by atoms with Crippen LogP contribution in [0.25, 0.3) is 0 Å². The Morgan fingerprint density at radius 2 is 2.36 bits per heavy atom. The van der Waals surface area contributed by atoms with Crippen molar-refractivity contribution in [1.82, 2.24) is 0 Å². The molecule has 0 saturated heterocycles. The number of ether oxygens (including phenoxy) is 2. The number of halogens is 1. The summed E-state index contributed by atoms with van der Waals surface area (Å²) in [4.78, 5) is 0. The largest absolute Gasteiger partial charge is 0.353 e. The Hall–Kier alpha value is 0.140. The Morgan fingerprint density at radius 1 is 1.57 bits per heavy atom. The van der Waals surface area contributed by atoms with Crippen LogP contribution >= 0.6 is 15.9 Å². The molecule has 0 bridgehead atoms. The van der Waals surface area contributed by atoms with Crippen LogP contribution in [0, 0.1) is 0 Å². The minimum Gasteiger partial charge on any atom is -0.353 e. The lowest BCUT2D eigenvalue weighted by Crippen LogP contribution is -2.20. The third kappa shape index (κ3) is 4.58. The summed E-state index contributed by atoms with van der Waals surface area (Å²) in [5, 5.41) is 0. The highest BCUT2D eigenvalue weighted by molar-refractivity contribution is 9.11. The lowest BCUT2D eigenvalue weighted by Gasteiger charge is -2.18. The third-order valence-electron chi connectivity index (χ3n) is 2.29. The molecule has 0 fully saturated rings. The van der Waals surface area contributed by atoms with E-state index in [1.54, 1.807) is 0 Å². The van der Waals surface area contributed by atoms with E-state index in [4.69, 9.17) is 9.47 Å². The van der Waals surface area contributed by atoms with Crippen LogP contribution in [0.3, 0.4) is 0 Å². The summed E-state index contributed by atoms with van der Waals surface area (Å²) >= 11 is 3.55.